The van der Waals surface area contributed by atoms with Crippen molar-refractivity contribution in [2.75, 3.05) is 11.9 Å². The maximum absolute atomic E-state index is 3.40. The highest BCUT2D eigenvalue weighted by Crippen LogP contribution is 2.09. The molecule has 0 spiro atoms. The zero-order valence-corrected chi connectivity index (χ0v) is 8.64. The van der Waals surface area contributed by atoms with Crippen LogP contribution in [0.2, 0.25) is 0 Å². The van der Waals surface area contributed by atoms with E-state index in [0.717, 1.165) is 13.0 Å². The van der Waals surface area contributed by atoms with E-state index in [0.29, 0.717) is 0 Å². The third-order valence-electron chi connectivity index (χ3n) is 2.22. The fourth-order valence-electron chi connectivity index (χ4n) is 1.27. The van der Waals surface area contributed by atoms with Gasteiger partial charge in [-0.3, -0.25) is 0 Å². The Kier molecular flexibility index (Phi) is 4.37. The summed E-state index contributed by atoms with van der Waals surface area (Å²) < 4.78 is 0. The highest BCUT2D eigenvalue weighted by Gasteiger charge is 1.91. The Morgan fingerprint density at radius 3 is 2.31 bits per heavy atom. The van der Waals surface area contributed by atoms with Crippen LogP contribution in [-0.4, -0.2) is 6.54 Å². The van der Waals surface area contributed by atoms with Crippen LogP contribution in [0.5, 0.6) is 0 Å². The Morgan fingerprint density at radius 2 is 1.77 bits per heavy atom. The van der Waals surface area contributed by atoms with Crippen LogP contribution < -0.4 is 5.32 Å². The molecule has 0 aromatic heterocycles. The summed E-state index contributed by atoms with van der Waals surface area (Å²) in [5.41, 5.74) is 2.65. The summed E-state index contributed by atoms with van der Waals surface area (Å²) in [4.78, 5) is 0. The lowest BCUT2D eigenvalue weighted by Gasteiger charge is -2.05. The van der Waals surface area contributed by atoms with Crippen molar-refractivity contribution in [3.8, 4) is 0 Å². The summed E-state index contributed by atoms with van der Waals surface area (Å²) in [7, 11) is 0. The zero-order chi connectivity index (χ0) is 9.52. The first kappa shape index (κ1) is 10.1. The van der Waals surface area contributed by atoms with Crippen molar-refractivity contribution in [3.63, 3.8) is 0 Å². The largest absolute Gasteiger partial charge is 0.385 e. The van der Waals surface area contributed by atoms with Gasteiger partial charge in [0.15, 0.2) is 0 Å². The number of rotatable bonds is 5. The van der Waals surface area contributed by atoms with E-state index >= 15 is 0 Å². The fourth-order valence-corrected chi connectivity index (χ4v) is 1.27. The molecule has 0 fully saturated rings. The minimum absolute atomic E-state index is 1.09. The molecule has 0 unspecified atom stereocenters. The standard InChI is InChI=1S/C12H19N/c1-3-5-10-13-12-8-6-11(4-2)7-9-12/h6-9,13H,3-5,10H2,1-2H3. The smallest absolute Gasteiger partial charge is 0.0340 e. The molecule has 0 aliphatic carbocycles. The van der Waals surface area contributed by atoms with E-state index in [1.807, 2.05) is 0 Å². The first-order chi connectivity index (χ1) is 6.36. The van der Waals surface area contributed by atoms with Crippen LogP contribution in [0.4, 0.5) is 5.69 Å². The summed E-state index contributed by atoms with van der Waals surface area (Å²) in [5.74, 6) is 0. The Bertz CT molecular complexity index is 225. The van der Waals surface area contributed by atoms with Gasteiger partial charge in [0.05, 0.1) is 0 Å². The molecule has 0 heterocycles. The molecule has 0 saturated heterocycles. The van der Waals surface area contributed by atoms with E-state index in [-0.39, 0.29) is 0 Å². The molecule has 1 heteroatoms. The summed E-state index contributed by atoms with van der Waals surface area (Å²) in [5, 5.41) is 3.40. The molecule has 13 heavy (non-hydrogen) atoms. The molecule has 0 atom stereocenters. The molecule has 1 aromatic rings. The van der Waals surface area contributed by atoms with Crippen LogP contribution in [-0.2, 0) is 6.42 Å². The van der Waals surface area contributed by atoms with Crippen LogP contribution in [0.1, 0.15) is 32.3 Å². The SMILES string of the molecule is CCCCNc1ccc(CC)cc1. The van der Waals surface area contributed by atoms with Crippen molar-refractivity contribution in [2.45, 2.75) is 33.1 Å². The second-order valence-electron chi connectivity index (χ2n) is 3.33. The van der Waals surface area contributed by atoms with Crippen LogP contribution in [0, 0.1) is 0 Å². The van der Waals surface area contributed by atoms with E-state index in [9.17, 15) is 0 Å². The maximum atomic E-state index is 3.40. The van der Waals surface area contributed by atoms with Gasteiger partial charge in [-0.1, -0.05) is 32.4 Å². The van der Waals surface area contributed by atoms with Gasteiger partial charge in [-0.15, -0.1) is 0 Å². The van der Waals surface area contributed by atoms with Crippen molar-refractivity contribution < 1.29 is 0 Å². The Hall–Kier alpha value is -0.980. The molecule has 1 N–H and O–H groups in total. The maximum Gasteiger partial charge on any atom is 0.0340 e. The molecule has 0 radical (unpaired) electrons. The van der Waals surface area contributed by atoms with Crippen LogP contribution in [0.15, 0.2) is 24.3 Å². The van der Waals surface area contributed by atoms with Gasteiger partial charge < -0.3 is 5.32 Å². The average molecular weight is 177 g/mol. The third-order valence-corrected chi connectivity index (χ3v) is 2.22. The van der Waals surface area contributed by atoms with Crippen LogP contribution >= 0.6 is 0 Å². The molecule has 1 rings (SSSR count). The lowest BCUT2D eigenvalue weighted by molar-refractivity contribution is 0.834. The van der Waals surface area contributed by atoms with E-state index in [1.54, 1.807) is 0 Å². The Labute approximate surface area is 81.2 Å². The fraction of sp³-hybridized carbons (Fsp3) is 0.500. The normalized spacial score (nSPS) is 10.0. The van der Waals surface area contributed by atoms with Crippen molar-refractivity contribution in [2.24, 2.45) is 0 Å². The molecule has 0 amide bonds. The summed E-state index contributed by atoms with van der Waals surface area (Å²) in [6.45, 7) is 5.48. The number of hydrogen-bond acceptors (Lipinski definition) is 1. The molecule has 0 aliphatic rings. The molecule has 1 nitrogen and oxygen atoms in total. The first-order valence-corrected chi connectivity index (χ1v) is 5.19. The van der Waals surface area contributed by atoms with Crippen molar-refractivity contribution in [1.82, 2.24) is 0 Å². The van der Waals surface area contributed by atoms with Crippen LogP contribution in [0.3, 0.4) is 0 Å². The molecule has 1 aromatic carbocycles. The lowest BCUT2D eigenvalue weighted by atomic mass is 10.1. The highest BCUT2D eigenvalue weighted by molar-refractivity contribution is 5.44. The van der Waals surface area contributed by atoms with E-state index in [4.69, 9.17) is 0 Å². The number of aryl methyl sites for hydroxylation is 1. The quantitative estimate of drug-likeness (QED) is 0.679. The number of unbranched alkanes of at least 4 members (excludes halogenated alkanes) is 1. The Balaban J connectivity index is 2.40. The second-order valence-corrected chi connectivity index (χ2v) is 3.33. The number of anilines is 1. The van der Waals surface area contributed by atoms with Crippen molar-refractivity contribution in [3.05, 3.63) is 29.8 Å². The number of nitrogens with one attached hydrogen (secondary N) is 1. The van der Waals surface area contributed by atoms with Gasteiger partial charge in [-0.25, -0.2) is 0 Å². The van der Waals surface area contributed by atoms with E-state index in [1.165, 1.54) is 24.1 Å². The summed E-state index contributed by atoms with van der Waals surface area (Å²) >= 11 is 0. The molecule has 0 aliphatic heterocycles. The molecular formula is C12H19N. The van der Waals surface area contributed by atoms with Crippen molar-refractivity contribution in [1.29, 1.82) is 0 Å². The van der Waals surface area contributed by atoms with Gasteiger partial charge in [-0.05, 0) is 30.5 Å². The summed E-state index contributed by atoms with van der Waals surface area (Å²) in [6, 6.07) is 8.70. The topological polar surface area (TPSA) is 12.0 Å². The minimum Gasteiger partial charge on any atom is -0.385 e. The predicted octanol–water partition coefficient (Wildman–Crippen LogP) is 3.46. The van der Waals surface area contributed by atoms with Gasteiger partial charge in [-0.2, -0.15) is 0 Å². The van der Waals surface area contributed by atoms with Gasteiger partial charge in [0.2, 0.25) is 0 Å². The molecule has 0 saturated carbocycles. The first-order valence-electron chi connectivity index (χ1n) is 5.19. The zero-order valence-electron chi connectivity index (χ0n) is 8.64. The van der Waals surface area contributed by atoms with Gasteiger partial charge in [0, 0.05) is 12.2 Å². The predicted molar refractivity (Wildman–Crippen MR) is 59.2 cm³/mol. The highest BCUT2D eigenvalue weighted by atomic mass is 14.9. The average Bonchev–Trinajstić information content (AvgIpc) is 2.19. The lowest BCUT2D eigenvalue weighted by Crippen LogP contribution is -2.00. The van der Waals surface area contributed by atoms with Crippen LogP contribution in [0.25, 0.3) is 0 Å². The third kappa shape index (κ3) is 3.49. The van der Waals surface area contributed by atoms with E-state index in [2.05, 4.69) is 43.4 Å². The minimum atomic E-state index is 1.09. The molecular weight excluding hydrogens is 158 g/mol. The molecule has 72 valence electrons. The monoisotopic (exact) mass is 177 g/mol. The van der Waals surface area contributed by atoms with Gasteiger partial charge >= 0.3 is 0 Å². The van der Waals surface area contributed by atoms with E-state index < -0.39 is 0 Å². The number of hydrogen-bond donors (Lipinski definition) is 1. The van der Waals surface area contributed by atoms with Gasteiger partial charge in [0.25, 0.3) is 0 Å². The van der Waals surface area contributed by atoms with Gasteiger partial charge in [0.1, 0.15) is 0 Å². The molecule has 0 bridgehead atoms. The Morgan fingerprint density at radius 1 is 1.08 bits per heavy atom. The van der Waals surface area contributed by atoms with Crippen molar-refractivity contribution >= 4 is 5.69 Å². The number of benzene rings is 1. The summed E-state index contributed by atoms with van der Waals surface area (Å²) in [6.07, 6.45) is 3.62. The second kappa shape index (κ2) is 5.63.